The van der Waals surface area contributed by atoms with Gasteiger partial charge >= 0.3 is 0 Å². The van der Waals surface area contributed by atoms with Crippen LogP contribution in [0.4, 0.5) is 0 Å². The van der Waals surface area contributed by atoms with Gasteiger partial charge in [-0.15, -0.1) is 0 Å². The standard InChI is InChI=1S/C13H17BrN4O2/c1-8(2)19-7-13(3,15)12-17-11(20-18-12)9-4-10(14)6-16-5-9/h4-6,8H,7,15H2,1-3H3. The van der Waals surface area contributed by atoms with Crippen LogP contribution in [0.25, 0.3) is 11.5 Å². The van der Waals surface area contributed by atoms with Crippen molar-refractivity contribution in [3.8, 4) is 11.5 Å². The Kier molecular flexibility index (Phi) is 4.52. The van der Waals surface area contributed by atoms with Crippen molar-refractivity contribution in [2.24, 2.45) is 5.73 Å². The van der Waals surface area contributed by atoms with Gasteiger partial charge in [0.2, 0.25) is 0 Å². The van der Waals surface area contributed by atoms with Gasteiger partial charge in [0.25, 0.3) is 5.89 Å². The summed E-state index contributed by atoms with van der Waals surface area (Å²) < 4.78 is 11.6. The quantitative estimate of drug-likeness (QED) is 0.899. The van der Waals surface area contributed by atoms with E-state index in [9.17, 15) is 0 Å². The maximum atomic E-state index is 6.17. The van der Waals surface area contributed by atoms with Gasteiger partial charge in [-0.05, 0) is 42.8 Å². The molecule has 2 N–H and O–H groups in total. The molecule has 0 bridgehead atoms. The highest BCUT2D eigenvalue weighted by atomic mass is 79.9. The molecule has 2 aromatic rings. The topological polar surface area (TPSA) is 87.1 Å². The van der Waals surface area contributed by atoms with E-state index in [4.69, 9.17) is 15.0 Å². The van der Waals surface area contributed by atoms with Crippen molar-refractivity contribution < 1.29 is 9.26 Å². The molecule has 2 aromatic heterocycles. The number of hydrogen-bond acceptors (Lipinski definition) is 6. The van der Waals surface area contributed by atoms with E-state index >= 15 is 0 Å². The molecular formula is C13H17BrN4O2. The van der Waals surface area contributed by atoms with Gasteiger partial charge in [0.15, 0.2) is 5.82 Å². The molecule has 0 saturated carbocycles. The lowest BCUT2D eigenvalue weighted by Crippen LogP contribution is -2.40. The molecule has 1 unspecified atom stereocenters. The molecule has 7 heteroatoms. The van der Waals surface area contributed by atoms with Crippen LogP contribution in [-0.2, 0) is 10.3 Å². The molecule has 0 radical (unpaired) electrons. The molecule has 6 nitrogen and oxygen atoms in total. The number of halogens is 1. The number of ether oxygens (including phenoxy) is 1. The maximum Gasteiger partial charge on any atom is 0.259 e. The van der Waals surface area contributed by atoms with E-state index in [1.165, 1.54) is 0 Å². The SMILES string of the molecule is CC(C)OCC(C)(N)c1noc(-c2cncc(Br)c2)n1. The van der Waals surface area contributed by atoms with Gasteiger partial charge < -0.3 is 15.0 Å². The van der Waals surface area contributed by atoms with Crippen LogP contribution in [0.1, 0.15) is 26.6 Å². The number of rotatable bonds is 5. The summed E-state index contributed by atoms with van der Waals surface area (Å²) in [5.41, 5.74) is 6.11. The van der Waals surface area contributed by atoms with Gasteiger partial charge in [-0.2, -0.15) is 4.98 Å². The van der Waals surface area contributed by atoms with E-state index in [0.717, 1.165) is 10.0 Å². The fourth-order valence-electron chi connectivity index (χ4n) is 1.51. The van der Waals surface area contributed by atoms with Crippen LogP contribution in [0, 0.1) is 0 Å². The van der Waals surface area contributed by atoms with Gasteiger partial charge in [-0.1, -0.05) is 5.16 Å². The Hall–Kier alpha value is -1.31. The van der Waals surface area contributed by atoms with Gasteiger partial charge in [-0.25, -0.2) is 0 Å². The number of hydrogen-bond donors (Lipinski definition) is 1. The molecule has 2 rings (SSSR count). The van der Waals surface area contributed by atoms with Crippen molar-refractivity contribution in [2.45, 2.75) is 32.4 Å². The predicted molar refractivity (Wildman–Crippen MR) is 77.9 cm³/mol. The molecule has 0 saturated heterocycles. The van der Waals surface area contributed by atoms with Crippen LogP contribution in [0.5, 0.6) is 0 Å². The zero-order valence-electron chi connectivity index (χ0n) is 11.6. The monoisotopic (exact) mass is 340 g/mol. The fraction of sp³-hybridized carbons (Fsp3) is 0.462. The third-order valence-electron chi connectivity index (χ3n) is 2.61. The van der Waals surface area contributed by atoms with Crippen LogP contribution in [-0.4, -0.2) is 27.8 Å². The number of pyridine rings is 1. The Morgan fingerprint density at radius 2 is 2.20 bits per heavy atom. The van der Waals surface area contributed by atoms with E-state index < -0.39 is 5.54 Å². The molecule has 0 spiro atoms. The molecule has 0 aliphatic carbocycles. The number of nitrogens with zero attached hydrogens (tertiary/aromatic N) is 3. The Balaban J connectivity index is 2.20. The first-order chi connectivity index (χ1) is 9.38. The van der Waals surface area contributed by atoms with E-state index in [1.54, 1.807) is 12.4 Å². The molecule has 108 valence electrons. The van der Waals surface area contributed by atoms with E-state index in [1.807, 2.05) is 26.8 Å². The van der Waals surface area contributed by atoms with Gasteiger partial charge in [-0.3, -0.25) is 4.98 Å². The Morgan fingerprint density at radius 3 is 2.85 bits per heavy atom. The zero-order valence-corrected chi connectivity index (χ0v) is 13.2. The van der Waals surface area contributed by atoms with Gasteiger partial charge in [0.05, 0.1) is 18.3 Å². The normalized spacial score (nSPS) is 14.5. The fourth-order valence-corrected chi connectivity index (χ4v) is 1.87. The maximum absolute atomic E-state index is 6.17. The molecule has 20 heavy (non-hydrogen) atoms. The Morgan fingerprint density at radius 1 is 1.45 bits per heavy atom. The molecule has 0 aliphatic heterocycles. The highest BCUT2D eigenvalue weighted by Crippen LogP contribution is 2.23. The minimum atomic E-state index is -0.800. The van der Waals surface area contributed by atoms with Crippen molar-refractivity contribution >= 4 is 15.9 Å². The van der Waals surface area contributed by atoms with Gasteiger partial charge in [0, 0.05) is 16.9 Å². The summed E-state index contributed by atoms with van der Waals surface area (Å²) in [5.74, 6) is 0.795. The van der Waals surface area contributed by atoms with Crippen LogP contribution in [0.3, 0.4) is 0 Å². The van der Waals surface area contributed by atoms with E-state index in [-0.39, 0.29) is 6.10 Å². The van der Waals surface area contributed by atoms with Gasteiger partial charge in [0.1, 0.15) is 5.54 Å². The van der Waals surface area contributed by atoms with Crippen LogP contribution in [0.15, 0.2) is 27.5 Å². The first-order valence-corrected chi connectivity index (χ1v) is 7.03. The summed E-state index contributed by atoms with van der Waals surface area (Å²) in [7, 11) is 0. The number of nitrogens with two attached hydrogens (primary N) is 1. The lowest BCUT2D eigenvalue weighted by atomic mass is 10.1. The average Bonchev–Trinajstić information content (AvgIpc) is 2.87. The summed E-state index contributed by atoms with van der Waals surface area (Å²) in [6.45, 7) is 6.03. The van der Waals surface area contributed by atoms with E-state index in [2.05, 4.69) is 31.1 Å². The summed E-state index contributed by atoms with van der Waals surface area (Å²) in [4.78, 5) is 8.39. The molecular weight excluding hydrogens is 324 g/mol. The molecule has 2 heterocycles. The second kappa shape index (κ2) is 5.99. The van der Waals surface area contributed by atoms with Crippen molar-refractivity contribution in [3.05, 3.63) is 28.8 Å². The van der Waals surface area contributed by atoms with Crippen molar-refractivity contribution in [1.82, 2.24) is 15.1 Å². The molecule has 0 fully saturated rings. The third-order valence-corrected chi connectivity index (χ3v) is 3.04. The lowest BCUT2D eigenvalue weighted by molar-refractivity contribution is 0.0410. The largest absolute Gasteiger partial charge is 0.376 e. The Labute approximate surface area is 125 Å². The molecule has 0 aromatic carbocycles. The lowest BCUT2D eigenvalue weighted by Gasteiger charge is -2.21. The smallest absolute Gasteiger partial charge is 0.259 e. The van der Waals surface area contributed by atoms with E-state index in [0.29, 0.717) is 18.3 Å². The van der Waals surface area contributed by atoms with Crippen LogP contribution in [0.2, 0.25) is 0 Å². The second-order valence-electron chi connectivity index (χ2n) is 5.09. The highest BCUT2D eigenvalue weighted by Gasteiger charge is 2.28. The van der Waals surface area contributed by atoms with Crippen LogP contribution < -0.4 is 5.73 Å². The van der Waals surface area contributed by atoms with Crippen molar-refractivity contribution in [3.63, 3.8) is 0 Å². The molecule has 0 aliphatic rings. The minimum Gasteiger partial charge on any atom is -0.376 e. The zero-order chi connectivity index (χ0) is 14.8. The predicted octanol–water partition coefficient (Wildman–Crippen LogP) is 2.49. The third kappa shape index (κ3) is 3.62. The number of aromatic nitrogens is 3. The molecule has 0 amide bonds. The Bertz CT molecular complexity index is 583. The first-order valence-electron chi connectivity index (χ1n) is 6.24. The second-order valence-corrected chi connectivity index (χ2v) is 6.01. The van der Waals surface area contributed by atoms with Crippen LogP contribution >= 0.6 is 15.9 Å². The summed E-state index contributed by atoms with van der Waals surface area (Å²) in [6, 6.07) is 1.85. The minimum absolute atomic E-state index is 0.0959. The van der Waals surface area contributed by atoms with Crippen molar-refractivity contribution in [1.29, 1.82) is 0 Å². The summed E-state index contributed by atoms with van der Waals surface area (Å²) in [5, 5.41) is 3.94. The molecule has 1 atom stereocenters. The summed E-state index contributed by atoms with van der Waals surface area (Å²) >= 11 is 3.35. The van der Waals surface area contributed by atoms with Crippen molar-refractivity contribution in [2.75, 3.05) is 6.61 Å². The highest BCUT2D eigenvalue weighted by molar-refractivity contribution is 9.10. The average molecular weight is 341 g/mol. The first kappa shape index (κ1) is 15.1. The summed E-state index contributed by atoms with van der Waals surface area (Å²) in [6.07, 6.45) is 3.43.